The Hall–Kier alpha value is -1.46. The number of carboxylic acids is 1. The van der Waals surface area contributed by atoms with Gasteiger partial charge in [0.05, 0.1) is 18.2 Å². The van der Waals surface area contributed by atoms with Crippen LogP contribution in [0.5, 0.6) is 0 Å². The first-order valence-electron chi connectivity index (χ1n) is 3.95. The van der Waals surface area contributed by atoms with Gasteiger partial charge in [0.1, 0.15) is 5.82 Å². The summed E-state index contributed by atoms with van der Waals surface area (Å²) in [6.45, 7) is -0.427. The minimum absolute atomic E-state index is 0.0899. The molecule has 0 spiro atoms. The molecule has 0 bridgehead atoms. The lowest BCUT2D eigenvalue weighted by atomic mass is 10.0. The molecule has 76 valence electrons. The van der Waals surface area contributed by atoms with E-state index in [0.717, 1.165) is 18.2 Å². The van der Waals surface area contributed by atoms with Crippen LogP contribution < -0.4 is 5.73 Å². The Morgan fingerprint density at radius 1 is 1.57 bits per heavy atom. The molecule has 0 aliphatic rings. The van der Waals surface area contributed by atoms with Gasteiger partial charge >= 0.3 is 5.97 Å². The number of aliphatic hydroxyl groups excluding tert-OH is 1. The highest BCUT2D eigenvalue weighted by molar-refractivity contribution is 5.89. The Morgan fingerprint density at radius 3 is 2.71 bits per heavy atom. The minimum Gasteiger partial charge on any atom is -0.478 e. The summed E-state index contributed by atoms with van der Waals surface area (Å²) in [7, 11) is 0. The Labute approximate surface area is 79.8 Å². The number of halogens is 1. The molecule has 5 heteroatoms. The first-order valence-corrected chi connectivity index (χ1v) is 3.95. The number of carboxylic acid groups (broad SMARTS) is 1. The molecule has 0 saturated carbocycles. The lowest BCUT2D eigenvalue weighted by molar-refractivity contribution is 0.0694. The highest BCUT2D eigenvalue weighted by atomic mass is 19.1. The van der Waals surface area contributed by atoms with E-state index in [1.54, 1.807) is 0 Å². The van der Waals surface area contributed by atoms with E-state index in [0.29, 0.717) is 0 Å². The van der Waals surface area contributed by atoms with Crippen LogP contribution in [0.25, 0.3) is 0 Å². The van der Waals surface area contributed by atoms with Gasteiger partial charge in [-0.1, -0.05) is 0 Å². The molecule has 0 aromatic heterocycles. The summed E-state index contributed by atoms with van der Waals surface area (Å²) in [5.74, 6) is -1.77. The van der Waals surface area contributed by atoms with E-state index in [1.807, 2.05) is 0 Å². The predicted molar refractivity (Wildman–Crippen MR) is 47.4 cm³/mol. The lowest BCUT2D eigenvalue weighted by Crippen LogP contribution is -2.18. The number of rotatable bonds is 3. The SMILES string of the molecule is N[C@@H](CO)c1cc(F)ccc1C(=O)O. The van der Waals surface area contributed by atoms with Crippen molar-refractivity contribution in [2.24, 2.45) is 5.73 Å². The molecule has 0 radical (unpaired) electrons. The number of aromatic carboxylic acids is 1. The van der Waals surface area contributed by atoms with E-state index in [9.17, 15) is 9.18 Å². The summed E-state index contributed by atoms with van der Waals surface area (Å²) in [6, 6.07) is 2.31. The molecule has 0 aliphatic heterocycles. The number of hydrogen-bond donors (Lipinski definition) is 3. The molecule has 4 nitrogen and oxygen atoms in total. The van der Waals surface area contributed by atoms with E-state index in [1.165, 1.54) is 0 Å². The van der Waals surface area contributed by atoms with Crippen molar-refractivity contribution in [2.45, 2.75) is 6.04 Å². The zero-order valence-electron chi connectivity index (χ0n) is 7.27. The number of aliphatic hydroxyl groups is 1. The van der Waals surface area contributed by atoms with Gasteiger partial charge in [-0.3, -0.25) is 0 Å². The van der Waals surface area contributed by atoms with Gasteiger partial charge in [0.25, 0.3) is 0 Å². The topological polar surface area (TPSA) is 83.5 Å². The maximum Gasteiger partial charge on any atom is 0.336 e. The summed E-state index contributed by atoms with van der Waals surface area (Å²) in [5, 5.41) is 17.5. The molecule has 0 unspecified atom stereocenters. The minimum atomic E-state index is -1.19. The molecule has 1 atom stereocenters. The van der Waals surface area contributed by atoms with Crippen molar-refractivity contribution in [1.29, 1.82) is 0 Å². The van der Waals surface area contributed by atoms with Crippen molar-refractivity contribution in [3.05, 3.63) is 35.1 Å². The largest absolute Gasteiger partial charge is 0.478 e. The van der Waals surface area contributed by atoms with Crippen LogP contribution in [0.1, 0.15) is 22.0 Å². The Bertz CT molecular complexity index is 354. The molecule has 0 saturated heterocycles. The van der Waals surface area contributed by atoms with Crippen LogP contribution in [0.4, 0.5) is 4.39 Å². The van der Waals surface area contributed by atoms with E-state index < -0.39 is 24.4 Å². The first-order chi connectivity index (χ1) is 6.56. The maximum atomic E-state index is 12.8. The zero-order chi connectivity index (χ0) is 10.7. The van der Waals surface area contributed by atoms with Crippen molar-refractivity contribution in [3.63, 3.8) is 0 Å². The fourth-order valence-corrected chi connectivity index (χ4v) is 1.13. The number of nitrogens with two attached hydrogens (primary N) is 1. The van der Waals surface area contributed by atoms with Gasteiger partial charge in [-0.15, -0.1) is 0 Å². The molecule has 0 amide bonds. The molecule has 0 fully saturated rings. The summed E-state index contributed by atoms with van der Waals surface area (Å²) in [5.41, 5.74) is 5.43. The van der Waals surface area contributed by atoms with Gasteiger partial charge < -0.3 is 15.9 Å². The van der Waals surface area contributed by atoms with Crippen LogP contribution in [0, 0.1) is 5.82 Å². The van der Waals surface area contributed by atoms with Gasteiger partial charge in [0, 0.05) is 0 Å². The van der Waals surface area contributed by atoms with Crippen LogP contribution in [-0.2, 0) is 0 Å². The molecular weight excluding hydrogens is 189 g/mol. The Kier molecular flexibility index (Phi) is 3.16. The summed E-state index contributed by atoms with van der Waals surface area (Å²) in [6.07, 6.45) is 0. The van der Waals surface area contributed by atoms with Gasteiger partial charge in [-0.25, -0.2) is 9.18 Å². The average molecular weight is 199 g/mol. The fourth-order valence-electron chi connectivity index (χ4n) is 1.13. The average Bonchev–Trinajstić information content (AvgIpc) is 2.16. The second-order valence-electron chi connectivity index (χ2n) is 2.83. The fraction of sp³-hybridized carbons (Fsp3) is 0.222. The van der Waals surface area contributed by atoms with E-state index in [2.05, 4.69) is 0 Å². The molecule has 0 aliphatic carbocycles. The Morgan fingerprint density at radius 2 is 2.21 bits per heavy atom. The number of hydrogen-bond acceptors (Lipinski definition) is 3. The lowest BCUT2D eigenvalue weighted by Gasteiger charge is -2.11. The summed E-state index contributed by atoms with van der Waals surface area (Å²) < 4.78 is 12.8. The normalized spacial score (nSPS) is 12.5. The molecule has 4 N–H and O–H groups in total. The van der Waals surface area contributed by atoms with Gasteiger partial charge in [-0.05, 0) is 23.8 Å². The summed E-state index contributed by atoms with van der Waals surface area (Å²) >= 11 is 0. The molecule has 1 aromatic rings. The summed E-state index contributed by atoms with van der Waals surface area (Å²) in [4.78, 5) is 10.7. The monoisotopic (exact) mass is 199 g/mol. The molecular formula is C9H10FNO3. The highest BCUT2D eigenvalue weighted by Crippen LogP contribution is 2.17. The van der Waals surface area contributed by atoms with E-state index in [-0.39, 0.29) is 11.1 Å². The van der Waals surface area contributed by atoms with Crippen molar-refractivity contribution in [1.82, 2.24) is 0 Å². The maximum absolute atomic E-state index is 12.8. The van der Waals surface area contributed by atoms with Gasteiger partial charge in [0.2, 0.25) is 0 Å². The van der Waals surface area contributed by atoms with Crippen LogP contribution in [0.3, 0.4) is 0 Å². The highest BCUT2D eigenvalue weighted by Gasteiger charge is 2.15. The standard InChI is InChI=1S/C9H10FNO3/c10-5-1-2-6(9(13)14)7(3-5)8(11)4-12/h1-3,8,12H,4,11H2,(H,13,14)/t8-/m0/s1. The van der Waals surface area contributed by atoms with Crippen LogP contribution in [0.2, 0.25) is 0 Å². The zero-order valence-corrected chi connectivity index (χ0v) is 7.27. The van der Waals surface area contributed by atoms with Gasteiger partial charge in [-0.2, -0.15) is 0 Å². The Balaban J connectivity index is 3.22. The molecule has 1 rings (SSSR count). The quantitative estimate of drug-likeness (QED) is 0.662. The molecule has 0 heterocycles. The van der Waals surface area contributed by atoms with Crippen molar-refractivity contribution in [3.8, 4) is 0 Å². The second kappa shape index (κ2) is 4.17. The third kappa shape index (κ3) is 2.07. The third-order valence-corrected chi connectivity index (χ3v) is 1.84. The molecule has 1 aromatic carbocycles. The van der Waals surface area contributed by atoms with E-state index in [4.69, 9.17) is 15.9 Å². The van der Waals surface area contributed by atoms with Crippen LogP contribution in [0.15, 0.2) is 18.2 Å². The van der Waals surface area contributed by atoms with E-state index >= 15 is 0 Å². The van der Waals surface area contributed by atoms with Crippen molar-refractivity contribution in [2.75, 3.05) is 6.61 Å². The third-order valence-electron chi connectivity index (χ3n) is 1.84. The number of benzene rings is 1. The van der Waals surface area contributed by atoms with Crippen LogP contribution in [-0.4, -0.2) is 22.8 Å². The molecule has 14 heavy (non-hydrogen) atoms. The first kappa shape index (κ1) is 10.6. The van der Waals surface area contributed by atoms with Gasteiger partial charge in [0.15, 0.2) is 0 Å². The van der Waals surface area contributed by atoms with Crippen molar-refractivity contribution < 1.29 is 19.4 Å². The van der Waals surface area contributed by atoms with Crippen LogP contribution >= 0.6 is 0 Å². The number of carbonyl (C=O) groups is 1. The van der Waals surface area contributed by atoms with Crippen molar-refractivity contribution >= 4 is 5.97 Å². The predicted octanol–water partition coefficient (Wildman–Crippen LogP) is 0.516. The smallest absolute Gasteiger partial charge is 0.336 e. The second-order valence-corrected chi connectivity index (χ2v) is 2.83.